The van der Waals surface area contributed by atoms with Crippen molar-refractivity contribution in [2.75, 3.05) is 6.54 Å². The number of hydrogen-bond acceptors (Lipinski definition) is 4. The Morgan fingerprint density at radius 2 is 1.81 bits per heavy atom. The molecule has 7 heteroatoms. The van der Waals surface area contributed by atoms with Crippen LogP contribution in [0.2, 0.25) is 0 Å². The number of halogens is 1. The SMILES string of the molecule is CCCCNC(=O)C(=O)N/N=C\c1c(OCc2ccc(F)cc2)ccc2ccccc12. The van der Waals surface area contributed by atoms with Crippen LogP contribution in [-0.2, 0) is 16.2 Å². The molecule has 0 aliphatic heterocycles. The Bertz CT molecular complexity index is 1080. The number of nitrogens with one attached hydrogen (secondary N) is 2. The number of ether oxygens (including phenoxy) is 1. The van der Waals surface area contributed by atoms with Gasteiger partial charge >= 0.3 is 11.8 Å². The number of nitrogens with zero attached hydrogens (tertiary/aromatic N) is 1. The molecule has 3 aromatic rings. The molecule has 2 amide bonds. The number of benzene rings is 3. The predicted molar refractivity (Wildman–Crippen MR) is 118 cm³/mol. The molecule has 160 valence electrons. The first-order chi connectivity index (χ1) is 15.1. The quantitative estimate of drug-likeness (QED) is 0.250. The van der Waals surface area contributed by atoms with Crippen molar-refractivity contribution in [1.29, 1.82) is 0 Å². The topological polar surface area (TPSA) is 79.8 Å². The van der Waals surface area contributed by atoms with E-state index in [2.05, 4.69) is 15.8 Å². The Morgan fingerprint density at radius 3 is 2.58 bits per heavy atom. The van der Waals surface area contributed by atoms with Crippen LogP contribution < -0.4 is 15.5 Å². The smallest absolute Gasteiger partial charge is 0.329 e. The largest absolute Gasteiger partial charge is 0.488 e. The molecule has 0 unspecified atom stereocenters. The third kappa shape index (κ3) is 6.12. The van der Waals surface area contributed by atoms with E-state index in [0.29, 0.717) is 17.9 Å². The summed E-state index contributed by atoms with van der Waals surface area (Å²) < 4.78 is 19.1. The summed E-state index contributed by atoms with van der Waals surface area (Å²) in [5.41, 5.74) is 3.72. The monoisotopic (exact) mass is 421 g/mol. The first-order valence-corrected chi connectivity index (χ1v) is 10.1. The number of hydrazone groups is 1. The van der Waals surface area contributed by atoms with Crippen molar-refractivity contribution in [3.63, 3.8) is 0 Å². The number of carbonyl (C=O) groups is 2. The lowest BCUT2D eigenvalue weighted by Gasteiger charge is -2.12. The highest BCUT2D eigenvalue weighted by molar-refractivity contribution is 6.35. The van der Waals surface area contributed by atoms with Gasteiger partial charge in [-0.05, 0) is 41.0 Å². The molecule has 0 radical (unpaired) electrons. The summed E-state index contributed by atoms with van der Waals surface area (Å²) in [5.74, 6) is -1.32. The molecule has 0 saturated heterocycles. The second-order valence-electron chi connectivity index (χ2n) is 6.92. The summed E-state index contributed by atoms with van der Waals surface area (Å²) in [6.07, 6.45) is 3.18. The molecule has 2 N–H and O–H groups in total. The lowest BCUT2D eigenvalue weighted by atomic mass is 10.0. The Hall–Kier alpha value is -3.74. The van der Waals surface area contributed by atoms with Crippen molar-refractivity contribution in [2.45, 2.75) is 26.4 Å². The zero-order valence-electron chi connectivity index (χ0n) is 17.2. The molecule has 0 spiro atoms. The number of carbonyl (C=O) groups excluding carboxylic acids is 2. The van der Waals surface area contributed by atoms with E-state index in [1.165, 1.54) is 18.3 Å². The van der Waals surface area contributed by atoms with Gasteiger partial charge in [0.1, 0.15) is 18.2 Å². The maximum absolute atomic E-state index is 13.1. The second-order valence-corrected chi connectivity index (χ2v) is 6.92. The summed E-state index contributed by atoms with van der Waals surface area (Å²) in [5, 5.41) is 8.35. The van der Waals surface area contributed by atoms with Crippen molar-refractivity contribution in [3.8, 4) is 5.75 Å². The van der Waals surface area contributed by atoms with Gasteiger partial charge in [-0.2, -0.15) is 5.10 Å². The van der Waals surface area contributed by atoms with Crippen LogP contribution in [0, 0.1) is 5.82 Å². The van der Waals surface area contributed by atoms with Crippen LogP contribution in [0.1, 0.15) is 30.9 Å². The van der Waals surface area contributed by atoms with E-state index in [-0.39, 0.29) is 12.4 Å². The fraction of sp³-hybridized carbons (Fsp3) is 0.208. The fourth-order valence-electron chi connectivity index (χ4n) is 2.94. The number of amides is 2. The van der Waals surface area contributed by atoms with Crippen LogP contribution in [0.3, 0.4) is 0 Å². The lowest BCUT2D eigenvalue weighted by molar-refractivity contribution is -0.139. The lowest BCUT2D eigenvalue weighted by Crippen LogP contribution is -2.38. The van der Waals surface area contributed by atoms with Crippen molar-refractivity contribution < 1.29 is 18.7 Å². The first kappa shape index (κ1) is 22.0. The van der Waals surface area contributed by atoms with Gasteiger partial charge in [-0.15, -0.1) is 0 Å². The van der Waals surface area contributed by atoms with E-state index >= 15 is 0 Å². The average molecular weight is 421 g/mol. The van der Waals surface area contributed by atoms with Gasteiger partial charge in [0.2, 0.25) is 0 Å². The summed E-state index contributed by atoms with van der Waals surface area (Å²) >= 11 is 0. The van der Waals surface area contributed by atoms with E-state index in [0.717, 1.165) is 29.2 Å². The molecule has 0 saturated carbocycles. The molecule has 0 heterocycles. The van der Waals surface area contributed by atoms with Crippen molar-refractivity contribution >= 4 is 28.8 Å². The van der Waals surface area contributed by atoms with E-state index < -0.39 is 11.8 Å². The third-order valence-corrected chi connectivity index (χ3v) is 4.62. The zero-order valence-corrected chi connectivity index (χ0v) is 17.2. The van der Waals surface area contributed by atoms with E-state index in [1.807, 2.05) is 43.3 Å². The van der Waals surface area contributed by atoms with Crippen molar-refractivity contribution in [3.05, 3.63) is 77.6 Å². The van der Waals surface area contributed by atoms with Crippen LogP contribution in [-0.4, -0.2) is 24.6 Å². The second kappa shape index (κ2) is 10.9. The van der Waals surface area contributed by atoms with Crippen LogP contribution in [0.4, 0.5) is 4.39 Å². The van der Waals surface area contributed by atoms with Gasteiger partial charge < -0.3 is 10.1 Å². The standard InChI is InChI=1S/C24H24FN3O3/c1-2-3-14-26-23(29)24(30)28-27-15-21-20-7-5-4-6-18(20)10-13-22(21)31-16-17-8-11-19(25)12-9-17/h4-13,15H,2-3,14,16H2,1H3,(H,26,29)(H,28,30)/b27-15-. The third-order valence-electron chi connectivity index (χ3n) is 4.62. The molecule has 3 aromatic carbocycles. The molecule has 0 aromatic heterocycles. The molecule has 0 bridgehead atoms. The number of hydrogen-bond donors (Lipinski definition) is 2. The maximum atomic E-state index is 13.1. The molecule has 0 atom stereocenters. The van der Waals surface area contributed by atoms with E-state index in [9.17, 15) is 14.0 Å². The highest BCUT2D eigenvalue weighted by atomic mass is 19.1. The fourth-order valence-corrected chi connectivity index (χ4v) is 2.94. The van der Waals surface area contributed by atoms with Gasteiger partial charge in [-0.25, -0.2) is 9.82 Å². The number of rotatable bonds is 8. The number of fused-ring (bicyclic) bond motifs is 1. The first-order valence-electron chi connectivity index (χ1n) is 10.1. The highest BCUT2D eigenvalue weighted by Gasteiger charge is 2.12. The minimum atomic E-state index is -0.832. The van der Waals surface area contributed by atoms with Gasteiger partial charge in [0.15, 0.2) is 0 Å². The molecule has 0 fully saturated rings. The Morgan fingerprint density at radius 1 is 1.03 bits per heavy atom. The average Bonchev–Trinajstić information content (AvgIpc) is 2.79. The molecule has 0 aliphatic carbocycles. The summed E-state index contributed by atoms with van der Waals surface area (Å²) in [6, 6.07) is 17.5. The van der Waals surface area contributed by atoms with Crippen molar-refractivity contribution in [2.24, 2.45) is 5.10 Å². The van der Waals surface area contributed by atoms with Crippen LogP contribution >= 0.6 is 0 Å². The zero-order chi connectivity index (χ0) is 22.1. The van der Waals surface area contributed by atoms with Crippen LogP contribution in [0.15, 0.2) is 65.8 Å². The molecule has 31 heavy (non-hydrogen) atoms. The molecule has 3 rings (SSSR count). The molecular weight excluding hydrogens is 397 g/mol. The van der Waals surface area contributed by atoms with E-state index in [1.54, 1.807) is 12.1 Å². The van der Waals surface area contributed by atoms with Gasteiger partial charge in [-0.3, -0.25) is 9.59 Å². The van der Waals surface area contributed by atoms with Crippen molar-refractivity contribution in [1.82, 2.24) is 10.7 Å². The Kier molecular flexibility index (Phi) is 7.70. The molecule has 6 nitrogen and oxygen atoms in total. The molecular formula is C24H24FN3O3. The van der Waals surface area contributed by atoms with Crippen LogP contribution in [0.25, 0.3) is 10.8 Å². The Balaban J connectivity index is 1.76. The summed E-state index contributed by atoms with van der Waals surface area (Å²) in [6.45, 7) is 2.68. The molecule has 0 aliphatic rings. The maximum Gasteiger partial charge on any atom is 0.329 e. The van der Waals surface area contributed by atoms with E-state index in [4.69, 9.17) is 4.74 Å². The minimum Gasteiger partial charge on any atom is -0.488 e. The minimum absolute atomic E-state index is 0.242. The van der Waals surface area contributed by atoms with Gasteiger partial charge in [-0.1, -0.05) is 55.8 Å². The normalized spacial score (nSPS) is 10.9. The van der Waals surface area contributed by atoms with Gasteiger partial charge in [0, 0.05) is 12.1 Å². The van der Waals surface area contributed by atoms with Gasteiger partial charge in [0.05, 0.1) is 6.21 Å². The summed E-state index contributed by atoms with van der Waals surface area (Å²) in [4.78, 5) is 23.7. The number of unbranched alkanes of at least 4 members (excludes halogenated alkanes) is 1. The Labute approximate surface area is 180 Å². The predicted octanol–water partition coefficient (Wildman–Crippen LogP) is 3.92. The summed E-state index contributed by atoms with van der Waals surface area (Å²) in [7, 11) is 0. The van der Waals surface area contributed by atoms with Crippen LogP contribution in [0.5, 0.6) is 5.75 Å². The van der Waals surface area contributed by atoms with Gasteiger partial charge in [0.25, 0.3) is 0 Å². The highest BCUT2D eigenvalue weighted by Crippen LogP contribution is 2.27.